The van der Waals surface area contributed by atoms with Crippen molar-refractivity contribution >= 4 is 58.6 Å². The fourth-order valence-electron chi connectivity index (χ4n) is 12.0. The number of ether oxygens (including phenoxy) is 2. The second kappa shape index (κ2) is 25.6. The monoisotopic (exact) mass is 1140 g/mol. The van der Waals surface area contributed by atoms with E-state index in [9.17, 15) is 29.4 Å². The van der Waals surface area contributed by atoms with Crippen molar-refractivity contribution in [2.75, 3.05) is 74.0 Å². The van der Waals surface area contributed by atoms with Gasteiger partial charge in [-0.1, -0.05) is 0 Å². The lowest BCUT2D eigenvalue weighted by atomic mass is 10.0. The predicted octanol–water partition coefficient (Wildman–Crippen LogP) is 6.32. The summed E-state index contributed by atoms with van der Waals surface area (Å²) in [6.45, 7) is 12.7. The summed E-state index contributed by atoms with van der Waals surface area (Å²) in [7, 11) is 3.36. The van der Waals surface area contributed by atoms with Crippen LogP contribution in [0.25, 0.3) is 11.4 Å². The molecule has 0 unspecified atom stereocenters. The third-order valence-corrected chi connectivity index (χ3v) is 17.1. The van der Waals surface area contributed by atoms with Gasteiger partial charge >= 0.3 is 5.97 Å². The fourth-order valence-corrected chi connectivity index (χ4v) is 12.0. The molecule has 23 nitrogen and oxygen atoms in total. The molecule has 0 radical (unpaired) electrons. The van der Waals surface area contributed by atoms with E-state index in [2.05, 4.69) is 68.6 Å². The van der Waals surface area contributed by atoms with Gasteiger partial charge in [0, 0.05) is 100 Å². The molecule has 1 amide bonds. The molecule has 6 N–H and O–H groups in total. The van der Waals surface area contributed by atoms with E-state index < -0.39 is 11.9 Å². The van der Waals surface area contributed by atoms with Crippen LogP contribution in [-0.2, 0) is 45.1 Å². The van der Waals surface area contributed by atoms with Crippen LogP contribution in [-0.4, -0.2) is 148 Å². The topological polar surface area (TPSA) is 280 Å². The Morgan fingerprint density at radius 1 is 0.651 bits per heavy atom. The molecule has 0 bridgehead atoms. The van der Waals surface area contributed by atoms with Crippen LogP contribution in [0.15, 0.2) is 49.3 Å². The first kappa shape index (κ1) is 58.2. The van der Waals surface area contributed by atoms with E-state index in [1.54, 1.807) is 26.9 Å². The molecular weight excluding hydrogens is 1060 g/mol. The highest BCUT2D eigenvalue weighted by Crippen LogP contribution is 2.37. The lowest BCUT2D eigenvalue weighted by molar-refractivity contribution is -0.142. The minimum absolute atomic E-state index is 0.0284. The molecule has 2 saturated carbocycles. The Balaban J connectivity index is 0.000000164. The molecule has 12 rings (SSSR count). The molecule has 0 spiro atoms. The maximum atomic E-state index is 13.3. The standard InChI is InChI=1S/C30H37N7O4.C24H31N7O2.C6H8O3/c1-18-11-22(13-26(41-3)19(18)2)36-15-27(31-17-36)33-30-32-25-8-10-35(29(40)20-6-7-23(39)12-20)14-24(25)28(34-30)37-9-4-5-21(37)16-38;1-15-9-18(10-21(33-3)16(15)2)30-12-22(26-14-30)28-24-27-20-6-7-25-11-19(20)23(29-24)31-8-4-5-17(31)13-32;7-5-2-1-4(3-5)6(8)9/h11,13,15,17,20-21,38H,4-10,12,14,16H2,1-3H3,(H,32,33,34);9-10,12,14,17,25,32H,4-8,11,13H2,1-3H3,(H,27,28,29);4H,1-3H2,(H,8,9)/t20-,21+;17-;4-/m101/s1. The Labute approximate surface area is 482 Å². The largest absolute Gasteiger partial charge is 0.496 e. The smallest absolute Gasteiger partial charge is 0.306 e. The van der Waals surface area contributed by atoms with E-state index >= 15 is 0 Å². The van der Waals surface area contributed by atoms with Crippen molar-refractivity contribution in [2.24, 2.45) is 11.8 Å². The Hall–Kier alpha value is -8.02. The predicted molar refractivity (Wildman–Crippen MR) is 312 cm³/mol. The number of imidazole rings is 2. The Morgan fingerprint density at radius 2 is 1.16 bits per heavy atom. The summed E-state index contributed by atoms with van der Waals surface area (Å²) < 4.78 is 15.0. The highest BCUT2D eigenvalue weighted by atomic mass is 16.5. The van der Waals surface area contributed by atoms with Crippen LogP contribution in [0.4, 0.5) is 35.2 Å². The normalized spacial score (nSPS) is 20.1. The average molecular weight is 1140 g/mol. The molecule has 4 aliphatic heterocycles. The molecular formula is C60H76N14O9. The molecule has 23 heteroatoms. The van der Waals surface area contributed by atoms with E-state index in [-0.39, 0.29) is 55.1 Å². The molecule has 2 saturated heterocycles. The summed E-state index contributed by atoms with van der Waals surface area (Å²) in [6.07, 6.45) is 15.4. The van der Waals surface area contributed by atoms with Gasteiger partial charge in [0.2, 0.25) is 17.8 Å². The number of fused-ring (bicyclic) bond motifs is 2. The van der Waals surface area contributed by atoms with Crippen molar-refractivity contribution in [1.82, 2.24) is 49.3 Å². The molecule has 4 aromatic heterocycles. The van der Waals surface area contributed by atoms with E-state index in [0.717, 1.165) is 138 Å². The van der Waals surface area contributed by atoms with Gasteiger partial charge in [-0.05, 0) is 101 Å². The number of aliphatic hydroxyl groups is 2. The summed E-state index contributed by atoms with van der Waals surface area (Å²) in [5, 5.41) is 38.3. The SMILES string of the molecule is COc1cc(-n2cnc(Nc3nc4c(c(N5CCC[C@H]5CO)n3)CN(C(=O)[C@@H]3CCC(=O)C3)CC4)c2)cc(C)c1C.COc1cc(-n2cnc(Nc3nc4c(c(N5CCC[C@H]5CO)n3)CNCC4)c2)cc(C)c1C.O=C1CC[C@@H](C(=O)O)C1. The second-order valence-electron chi connectivity index (χ2n) is 22.4. The number of aliphatic hydroxyl groups excluding tert-OH is 2. The Bertz CT molecular complexity index is 3380. The van der Waals surface area contributed by atoms with E-state index in [4.69, 9.17) is 34.5 Å². The molecule has 2 aromatic carbocycles. The van der Waals surface area contributed by atoms with Crippen LogP contribution in [0, 0.1) is 39.5 Å². The van der Waals surface area contributed by atoms with Crippen LogP contribution < -0.4 is 35.2 Å². The highest BCUT2D eigenvalue weighted by molar-refractivity contribution is 5.90. The third-order valence-electron chi connectivity index (χ3n) is 17.1. The number of hydrogen-bond donors (Lipinski definition) is 6. The van der Waals surface area contributed by atoms with Crippen LogP contribution in [0.3, 0.4) is 0 Å². The van der Waals surface area contributed by atoms with Gasteiger partial charge < -0.3 is 64.6 Å². The number of aryl methyl sites for hydroxylation is 2. The van der Waals surface area contributed by atoms with Gasteiger partial charge in [-0.2, -0.15) is 9.97 Å². The number of carbonyl (C=O) groups excluding carboxylic acids is 3. The minimum Gasteiger partial charge on any atom is -0.496 e. The highest BCUT2D eigenvalue weighted by Gasteiger charge is 2.37. The van der Waals surface area contributed by atoms with Gasteiger partial charge in [0.1, 0.15) is 47.4 Å². The summed E-state index contributed by atoms with van der Waals surface area (Å²) >= 11 is 0. The zero-order chi connectivity index (χ0) is 58.5. The first-order valence-corrected chi connectivity index (χ1v) is 28.8. The number of rotatable bonds is 14. The molecule has 6 aliphatic rings. The Kier molecular flexibility index (Phi) is 18.0. The van der Waals surface area contributed by atoms with Crippen molar-refractivity contribution in [3.8, 4) is 22.9 Å². The number of carbonyl (C=O) groups is 4. The summed E-state index contributed by atoms with van der Waals surface area (Å²) in [6, 6.07) is 8.28. The summed E-state index contributed by atoms with van der Waals surface area (Å²) in [5.41, 5.74) is 10.5. The lowest BCUT2D eigenvalue weighted by Gasteiger charge is -2.34. The summed E-state index contributed by atoms with van der Waals surface area (Å²) in [5.74, 6) is 4.46. The maximum absolute atomic E-state index is 13.3. The lowest BCUT2D eigenvalue weighted by Crippen LogP contribution is -2.41. The number of anilines is 6. The zero-order valence-electron chi connectivity index (χ0n) is 48.3. The van der Waals surface area contributed by atoms with Crippen molar-refractivity contribution in [3.63, 3.8) is 0 Å². The van der Waals surface area contributed by atoms with E-state index in [1.165, 1.54) is 0 Å². The van der Waals surface area contributed by atoms with E-state index in [1.807, 2.05) is 45.5 Å². The van der Waals surface area contributed by atoms with Gasteiger partial charge in [0.25, 0.3) is 0 Å². The number of benzene rings is 2. The van der Waals surface area contributed by atoms with Gasteiger partial charge in [-0.15, -0.1) is 0 Å². The number of aromatic nitrogens is 8. The molecule has 4 atom stereocenters. The number of methoxy groups -OCH3 is 2. The van der Waals surface area contributed by atoms with Crippen molar-refractivity contribution < 1.29 is 44.0 Å². The average Bonchev–Trinajstić information content (AvgIpc) is 4.04. The number of nitrogens with one attached hydrogen (secondary N) is 3. The van der Waals surface area contributed by atoms with Gasteiger partial charge in [0.05, 0.1) is 87.1 Å². The number of hydrogen-bond acceptors (Lipinski definition) is 19. The first-order valence-electron chi connectivity index (χ1n) is 28.8. The number of carboxylic acid groups (broad SMARTS) is 1. The van der Waals surface area contributed by atoms with Gasteiger partial charge in [-0.3, -0.25) is 19.2 Å². The van der Waals surface area contributed by atoms with Crippen LogP contribution in [0.5, 0.6) is 11.5 Å². The van der Waals surface area contributed by atoms with Gasteiger partial charge in [-0.25, -0.2) is 19.9 Å². The van der Waals surface area contributed by atoms with Crippen LogP contribution in [0.1, 0.15) is 109 Å². The molecule has 4 fully saturated rings. The fraction of sp³-hybridized carbons (Fsp3) is 0.500. The van der Waals surface area contributed by atoms with Crippen molar-refractivity contribution in [3.05, 3.63) is 94.1 Å². The number of carboxylic acids is 1. The molecule has 440 valence electrons. The summed E-state index contributed by atoms with van der Waals surface area (Å²) in [4.78, 5) is 80.6. The number of ketones is 2. The maximum Gasteiger partial charge on any atom is 0.306 e. The molecule has 2 aliphatic carbocycles. The quantitative estimate of drug-likeness (QED) is 0.0695. The van der Waals surface area contributed by atoms with Crippen molar-refractivity contribution in [2.45, 2.75) is 130 Å². The second-order valence-corrected chi connectivity index (χ2v) is 22.4. The zero-order valence-corrected chi connectivity index (χ0v) is 48.3. The number of aliphatic carboxylic acids is 1. The number of nitrogens with zero attached hydrogens (tertiary/aromatic N) is 11. The van der Waals surface area contributed by atoms with Crippen LogP contribution >= 0.6 is 0 Å². The van der Waals surface area contributed by atoms with Crippen molar-refractivity contribution in [1.29, 1.82) is 0 Å². The van der Waals surface area contributed by atoms with Crippen LogP contribution in [0.2, 0.25) is 0 Å². The number of Topliss-reactive ketones (excluding diaryl/α,β-unsaturated/α-hetero) is 2. The molecule has 6 aromatic rings. The van der Waals surface area contributed by atoms with E-state index in [0.29, 0.717) is 75.1 Å². The third kappa shape index (κ3) is 13.0. The molecule has 8 heterocycles. The number of amides is 1. The van der Waals surface area contributed by atoms with Gasteiger partial charge in [0.15, 0.2) is 11.6 Å². The minimum atomic E-state index is -0.833. The Morgan fingerprint density at radius 3 is 1.63 bits per heavy atom. The molecule has 83 heavy (non-hydrogen) atoms. The first-order chi connectivity index (χ1) is 40.1.